The Kier molecular flexibility index (Phi) is 3.19. The van der Waals surface area contributed by atoms with Crippen LogP contribution >= 0.6 is 0 Å². The van der Waals surface area contributed by atoms with Gasteiger partial charge in [-0.3, -0.25) is 4.79 Å². The fraction of sp³-hybridized carbons (Fsp3) is 0.786. The van der Waals surface area contributed by atoms with Crippen molar-refractivity contribution in [1.29, 1.82) is 0 Å². The van der Waals surface area contributed by atoms with Gasteiger partial charge in [-0.05, 0) is 50.5 Å². The van der Waals surface area contributed by atoms with Crippen LogP contribution in [0, 0.1) is 5.92 Å². The normalized spacial score (nSPS) is 35.8. The fourth-order valence-corrected chi connectivity index (χ4v) is 2.94. The third kappa shape index (κ3) is 2.71. The van der Waals surface area contributed by atoms with Crippen molar-refractivity contribution in [1.82, 2.24) is 0 Å². The Morgan fingerprint density at radius 3 is 3.06 bits per heavy atom. The van der Waals surface area contributed by atoms with Crippen LogP contribution in [0.15, 0.2) is 11.6 Å². The molecule has 1 saturated heterocycles. The SMILES string of the molecule is O=C(OCC1=CCCCC1)C1CCC2OC2C1. The molecule has 0 radical (unpaired) electrons. The van der Waals surface area contributed by atoms with Gasteiger partial charge in [-0.25, -0.2) is 0 Å². The number of hydrogen-bond acceptors (Lipinski definition) is 3. The minimum atomic E-state index is -0.00887. The lowest BCUT2D eigenvalue weighted by molar-refractivity contribution is -0.148. The maximum atomic E-state index is 11.9. The lowest BCUT2D eigenvalue weighted by Crippen LogP contribution is -2.24. The number of esters is 1. The number of fused-ring (bicyclic) bond motifs is 1. The summed E-state index contributed by atoms with van der Waals surface area (Å²) >= 11 is 0. The summed E-state index contributed by atoms with van der Waals surface area (Å²) in [4.78, 5) is 11.9. The van der Waals surface area contributed by atoms with Gasteiger partial charge in [0.2, 0.25) is 0 Å². The van der Waals surface area contributed by atoms with Gasteiger partial charge in [0.1, 0.15) is 6.61 Å². The Balaban J connectivity index is 1.44. The molecule has 0 amide bonds. The highest BCUT2D eigenvalue weighted by Gasteiger charge is 2.46. The van der Waals surface area contributed by atoms with Crippen molar-refractivity contribution in [2.24, 2.45) is 5.92 Å². The Morgan fingerprint density at radius 2 is 2.29 bits per heavy atom. The van der Waals surface area contributed by atoms with Crippen molar-refractivity contribution in [3.8, 4) is 0 Å². The number of hydrogen-bond donors (Lipinski definition) is 0. The molecular formula is C14H20O3. The van der Waals surface area contributed by atoms with E-state index < -0.39 is 0 Å². The van der Waals surface area contributed by atoms with E-state index in [0.29, 0.717) is 18.8 Å². The van der Waals surface area contributed by atoms with Crippen LogP contribution in [0.1, 0.15) is 44.9 Å². The molecule has 3 aliphatic rings. The third-order valence-corrected chi connectivity index (χ3v) is 4.12. The highest BCUT2D eigenvalue weighted by atomic mass is 16.6. The first kappa shape index (κ1) is 11.3. The molecule has 3 atom stereocenters. The number of carbonyl (C=O) groups excluding carboxylic acids is 1. The minimum Gasteiger partial charge on any atom is -0.461 e. The molecule has 3 heteroatoms. The molecule has 0 bridgehead atoms. The molecule has 1 aliphatic heterocycles. The monoisotopic (exact) mass is 236 g/mol. The number of carbonyl (C=O) groups is 1. The molecular weight excluding hydrogens is 216 g/mol. The van der Waals surface area contributed by atoms with Crippen LogP contribution < -0.4 is 0 Å². The van der Waals surface area contributed by atoms with Gasteiger partial charge >= 0.3 is 5.97 Å². The van der Waals surface area contributed by atoms with E-state index in [1.807, 2.05) is 0 Å². The quantitative estimate of drug-likeness (QED) is 0.429. The Hall–Kier alpha value is -0.830. The summed E-state index contributed by atoms with van der Waals surface area (Å²) in [6.45, 7) is 0.518. The Morgan fingerprint density at radius 1 is 1.35 bits per heavy atom. The minimum absolute atomic E-state index is 0.00887. The molecule has 17 heavy (non-hydrogen) atoms. The van der Waals surface area contributed by atoms with Gasteiger partial charge in [0.15, 0.2) is 0 Å². The first-order valence-electron chi connectivity index (χ1n) is 6.83. The van der Waals surface area contributed by atoms with Crippen LogP contribution in [0.3, 0.4) is 0 Å². The molecule has 3 nitrogen and oxygen atoms in total. The third-order valence-electron chi connectivity index (χ3n) is 4.12. The molecule has 2 aliphatic carbocycles. The van der Waals surface area contributed by atoms with Gasteiger partial charge in [0.25, 0.3) is 0 Å². The molecule has 0 aromatic carbocycles. The topological polar surface area (TPSA) is 38.8 Å². The molecule has 0 N–H and O–H groups in total. The van der Waals surface area contributed by atoms with E-state index in [1.54, 1.807) is 0 Å². The van der Waals surface area contributed by atoms with Gasteiger partial charge in [-0.2, -0.15) is 0 Å². The van der Waals surface area contributed by atoms with Crippen LogP contribution in [0.25, 0.3) is 0 Å². The summed E-state index contributed by atoms with van der Waals surface area (Å²) in [7, 11) is 0. The first-order chi connectivity index (χ1) is 8.33. The van der Waals surface area contributed by atoms with E-state index in [9.17, 15) is 4.79 Å². The van der Waals surface area contributed by atoms with E-state index in [0.717, 1.165) is 32.1 Å². The molecule has 0 spiro atoms. The Labute approximate surface area is 102 Å². The number of epoxide rings is 1. The maximum Gasteiger partial charge on any atom is 0.309 e. The van der Waals surface area contributed by atoms with Crippen molar-refractivity contribution in [2.75, 3.05) is 6.61 Å². The molecule has 2 fully saturated rings. The summed E-state index contributed by atoms with van der Waals surface area (Å²) in [5.41, 5.74) is 1.31. The zero-order valence-electron chi connectivity index (χ0n) is 10.2. The van der Waals surface area contributed by atoms with Crippen molar-refractivity contribution >= 4 is 5.97 Å². The summed E-state index contributed by atoms with van der Waals surface area (Å²) in [6, 6.07) is 0. The zero-order valence-corrected chi connectivity index (χ0v) is 10.2. The molecule has 3 rings (SSSR count). The van der Waals surface area contributed by atoms with E-state index in [4.69, 9.17) is 9.47 Å². The molecule has 0 aromatic rings. The fourth-order valence-electron chi connectivity index (χ4n) is 2.94. The van der Waals surface area contributed by atoms with E-state index in [-0.39, 0.29) is 11.9 Å². The van der Waals surface area contributed by atoms with Crippen molar-refractivity contribution in [3.05, 3.63) is 11.6 Å². The second kappa shape index (κ2) is 4.81. The van der Waals surface area contributed by atoms with Gasteiger partial charge in [0.05, 0.1) is 18.1 Å². The molecule has 94 valence electrons. The highest BCUT2D eigenvalue weighted by Crippen LogP contribution is 2.39. The standard InChI is InChI=1S/C14H20O3/c15-14(11-6-7-12-13(8-11)17-12)16-9-10-4-2-1-3-5-10/h4,11-13H,1-3,5-9H2. The van der Waals surface area contributed by atoms with Crippen molar-refractivity contribution in [2.45, 2.75) is 57.2 Å². The van der Waals surface area contributed by atoms with Crippen molar-refractivity contribution < 1.29 is 14.3 Å². The second-order valence-corrected chi connectivity index (χ2v) is 5.44. The number of rotatable bonds is 3. The van der Waals surface area contributed by atoms with E-state index in [2.05, 4.69) is 6.08 Å². The summed E-state index contributed by atoms with van der Waals surface area (Å²) in [6.07, 6.45) is 10.7. The molecule has 1 saturated carbocycles. The molecule has 0 aromatic heterocycles. The average Bonchev–Trinajstić information content (AvgIpc) is 3.15. The lowest BCUT2D eigenvalue weighted by atomic mass is 9.89. The predicted molar refractivity (Wildman–Crippen MR) is 63.5 cm³/mol. The van der Waals surface area contributed by atoms with E-state index in [1.165, 1.54) is 18.4 Å². The van der Waals surface area contributed by atoms with Gasteiger partial charge in [-0.15, -0.1) is 0 Å². The first-order valence-corrected chi connectivity index (χ1v) is 6.83. The highest BCUT2D eigenvalue weighted by molar-refractivity contribution is 5.73. The number of ether oxygens (including phenoxy) is 2. The number of allylic oxidation sites excluding steroid dienone is 1. The largest absolute Gasteiger partial charge is 0.461 e. The van der Waals surface area contributed by atoms with Crippen LogP contribution in [-0.4, -0.2) is 24.8 Å². The predicted octanol–water partition coefficient (Wildman–Crippen LogP) is 2.60. The summed E-state index contributed by atoms with van der Waals surface area (Å²) in [5, 5.41) is 0. The lowest BCUT2D eigenvalue weighted by Gasteiger charge is -2.19. The summed E-state index contributed by atoms with van der Waals surface area (Å²) < 4.78 is 10.9. The average molecular weight is 236 g/mol. The molecule has 3 unspecified atom stereocenters. The van der Waals surface area contributed by atoms with Crippen molar-refractivity contribution in [3.63, 3.8) is 0 Å². The van der Waals surface area contributed by atoms with Gasteiger partial charge in [-0.1, -0.05) is 6.08 Å². The van der Waals surface area contributed by atoms with Crippen LogP contribution in [0.5, 0.6) is 0 Å². The van der Waals surface area contributed by atoms with Gasteiger partial charge in [0, 0.05) is 0 Å². The maximum absolute atomic E-state index is 11.9. The van der Waals surface area contributed by atoms with Gasteiger partial charge < -0.3 is 9.47 Å². The zero-order chi connectivity index (χ0) is 11.7. The summed E-state index contributed by atoms with van der Waals surface area (Å²) in [5.74, 6) is 0.0772. The smallest absolute Gasteiger partial charge is 0.309 e. The molecule has 1 heterocycles. The Bertz CT molecular complexity index is 334. The van der Waals surface area contributed by atoms with E-state index >= 15 is 0 Å². The van der Waals surface area contributed by atoms with Crippen LogP contribution in [0.2, 0.25) is 0 Å². The second-order valence-electron chi connectivity index (χ2n) is 5.44. The van der Waals surface area contributed by atoms with Crippen LogP contribution in [0.4, 0.5) is 0 Å². The van der Waals surface area contributed by atoms with Crippen LogP contribution in [-0.2, 0) is 14.3 Å².